The summed E-state index contributed by atoms with van der Waals surface area (Å²) in [6.07, 6.45) is 1.67. The van der Waals surface area contributed by atoms with Gasteiger partial charge in [0.1, 0.15) is 17.4 Å². The minimum Gasteiger partial charge on any atom is -0.481 e. The number of aryl methyl sites for hydroxylation is 1. The third kappa shape index (κ3) is 4.41. The van der Waals surface area contributed by atoms with E-state index in [1.54, 1.807) is 18.3 Å². The molecule has 27 heavy (non-hydrogen) atoms. The number of nitrogens with one attached hydrogen (secondary N) is 1. The second-order valence-corrected chi connectivity index (χ2v) is 5.58. The first kappa shape index (κ1) is 18.4. The van der Waals surface area contributed by atoms with Crippen molar-refractivity contribution in [2.45, 2.75) is 13.5 Å². The summed E-state index contributed by atoms with van der Waals surface area (Å²) in [5, 5.41) is 3.12. The monoisotopic (exact) mass is 370 g/mol. The Morgan fingerprint density at radius 2 is 1.78 bits per heavy atom. The van der Waals surface area contributed by atoms with Crippen LogP contribution in [0.1, 0.15) is 11.1 Å². The summed E-state index contributed by atoms with van der Waals surface area (Å²) in [5.74, 6) is 1.09. The topological polar surface area (TPSA) is 78.4 Å². The van der Waals surface area contributed by atoms with Crippen molar-refractivity contribution in [3.8, 4) is 23.5 Å². The van der Waals surface area contributed by atoms with Crippen LogP contribution in [-0.4, -0.2) is 29.2 Å². The van der Waals surface area contributed by atoms with Crippen molar-refractivity contribution < 1.29 is 18.6 Å². The lowest BCUT2D eigenvalue weighted by molar-refractivity contribution is 0.346. The first-order valence-electron chi connectivity index (χ1n) is 8.18. The molecule has 0 radical (unpaired) electrons. The minimum atomic E-state index is -0.413. The third-order valence-electron chi connectivity index (χ3n) is 3.80. The third-order valence-corrected chi connectivity index (χ3v) is 3.80. The quantitative estimate of drug-likeness (QED) is 0.679. The fourth-order valence-corrected chi connectivity index (χ4v) is 2.39. The summed E-state index contributed by atoms with van der Waals surface area (Å²) >= 11 is 0. The van der Waals surface area contributed by atoms with Crippen LogP contribution in [0.25, 0.3) is 0 Å². The first-order chi connectivity index (χ1) is 13.1. The number of pyridine rings is 1. The Labute approximate surface area is 156 Å². The Balaban J connectivity index is 1.86. The van der Waals surface area contributed by atoms with Gasteiger partial charge in [-0.3, -0.25) is 0 Å². The van der Waals surface area contributed by atoms with E-state index in [0.717, 1.165) is 5.56 Å². The van der Waals surface area contributed by atoms with Crippen molar-refractivity contribution in [3.63, 3.8) is 0 Å². The van der Waals surface area contributed by atoms with Gasteiger partial charge in [-0.25, -0.2) is 9.37 Å². The SMILES string of the molecule is COc1cc(OC)nc(Oc2cccc(F)c2CNc2ncccc2C)n1. The van der Waals surface area contributed by atoms with Crippen LogP contribution in [0.15, 0.2) is 42.6 Å². The van der Waals surface area contributed by atoms with E-state index in [1.165, 1.54) is 26.4 Å². The van der Waals surface area contributed by atoms with Crippen molar-refractivity contribution >= 4 is 5.82 Å². The number of anilines is 1. The highest BCUT2D eigenvalue weighted by Gasteiger charge is 2.14. The fourth-order valence-electron chi connectivity index (χ4n) is 2.39. The van der Waals surface area contributed by atoms with Gasteiger partial charge in [-0.15, -0.1) is 0 Å². The van der Waals surface area contributed by atoms with Gasteiger partial charge in [0.05, 0.1) is 20.3 Å². The lowest BCUT2D eigenvalue weighted by Crippen LogP contribution is -2.07. The van der Waals surface area contributed by atoms with Gasteiger partial charge in [0.2, 0.25) is 11.8 Å². The van der Waals surface area contributed by atoms with E-state index >= 15 is 0 Å². The summed E-state index contributed by atoms with van der Waals surface area (Å²) in [6.45, 7) is 2.10. The molecule has 0 unspecified atom stereocenters. The number of methoxy groups -OCH3 is 2. The molecule has 0 bridgehead atoms. The maximum atomic E-state index is 14.4. The lowest BCUT2D eigenvalue weighted by Gasteiger charge is -2.13. The normalized spacial score (nSPS) is 10.4. The van der Waals surface area contributed by atoms with Crippen LogP contribution < -0.4 is 19.5 Å². The van der Waals surface area contributed by atoms with Crippen LogP contribution in [0.5, 0.6) is 23.5 Å². The average Bonchev–Trinajstić information content (AvgIpc) is 2.68. The van der Waals surface area contributed by atoms with Crippen LogP contribution in [0.4, 0.5) is 10.2 Å². The molecule has 0 aliphatic rings. The molecule has 0 saturated carbocycles. The molecule has 140 valence electrons. The molecule has 0 aliphatic heterocycles. The van der Waals surface area contributed by atoms with Crippen molar-refractivity contribution in [2.24, 2.45) is 0 Å². The van der Waals surface area contributed by atoms with Crippen LogP contribution in [-0.2, 0) is 6.54 Å². The molecule has 2 aromatic heterocycles. The molecule has 0 fully saturated rings. The number of rotatable bonds is 7. The lowest BCUT2D eigenvalue weighted by atomic mass is 10.2. The number of nitrogens with zero attached hydrogens (tertiary/aromatic N) is 3. The summed E-state index contributed by atoms with van der Waals surface area (Å²) in [4.78, 5) is 12.5. The van der Waals surface area contributed by atoms with E-state index in [4.69, 9.17) is 14.2 Å². The molecule has 8 heteroatoms. The molecule has 0 amide bonds. The molecule has 1 N–H and O–H groups in total. The Morgan fingerprint density at radius 1 is 1.04 bits per heavy atom. The molecule has 0 atom stereocenters. The zero-order valence-corrected chi connectivity index (χ0v) is 15.2. The largest absolute Gasteiger partial charge is 0.481 e. The zero-order chi connectivity index (χ0) is 19.2. The molecule has 3 rings (SSSR count). The van der Waals surface area contributed by atoms with Crippen molar-refractivity contribution in [2.75, 3.05) is 19.5 Å². The highest BCUT2D eigenvalue weighted by molar-refractivity contribution is 5.45. The van der Waals surface area contributed by atoms with Crippen molar-refractivity contribution in [1.82, 2.24) is 15.0 Å². The molecular formula is C19H19FN4O3. The van der Waals surface area contributed by atoms with Gasteiger partial charge < -0.3 is 19.5 Å². The summed E-state index contributed by atoms with van der Waals surface area (Å²) in [6, 6.07) is 9.83. The smallest absolute Gasteiger partial charge is 0.328 e. The maximum absolute atomic E-state index is 14.4. The predicted octanol–water partition coefficient (Wildman–Crippen LogP) is 3.74. The van der Waals surface area contributed by atoms with E-state index in [-0.39, 0.29) is 30.1 Å². The predicted molar refractivity (Wildman–Crippen MR) is 97.9 cm³/mol. The van der Waals surface area contributed by atoms with Crippen molar-refractivity contribution in [3.05, 3.63) is 59.5 Å². The van der Waals surface area contributed by atoms with E-state index < -0.39 is 5.82 Å². The molecular weight excluding hydrogens is 351 g/mol. The summed E-state index contributed by atoms with van der Waals surface area (Å²) in [7, 11) is 2.94. The van der Waals surface area contributed by atoms with Gasteiger partial charge in [-0.05, 0) is 30.7 Å². The van der Waals surface area contributed by atoms with Gasteiger partial charge in [-0.2, -0.15) is 9.97 Å². The Morgan fingerprint density at radius 3 is 2.44 bits per heavy atom. The average molecular weight is 370 g/mol. The summed E-state index contributed by atoms with van der Waals surface area (Å²) < 4.78 is 30.3. The van der Waals surface area contributed by atoms with E-state index in [0.29, 0.717) is 11.4 Å². The van der Waals surface area contributed by atoms with Gasteiger partial charge in [0, 0.05) is 18.3 Å². The van der Waals surface area contributed by atoms with E-state index in [1.807, 2.05) is 19.1 Å². The van der Waals surface area contributed by atoms with Crippen molar-refractivity contribution in [1.29, 1.82) is 0 Å². The Bertz CT molecular complexity index is 914. The van der Waals surface area contributed by atoms with E-state index in [9.17, 15) is 4.39 Å². The summed E-state index contributed by atoms with van der Waals surface area (Å²) in [5.41, 5.74) is 1.28. The second-order valence-electron chi connectivity index (χ2n) is 5.58. The Kier molecular flexibility index (Phi) is 5.65. The molecule has 3 aromatic rings. The van der Waals surface area contributed by atoms with Crippen LogP contribution in [0.3, 0.4) is 0 Å². The molecule has 2 heterocycles. The van der Waals surface area contributed by atoms with Gasteiger partial charge in [0.25, 0.3) is 0 Å². The van der Waals surface area contributed by atoms with Crippen LogP contribution >= 0.6 is 0 Å². The maximum Gasteiger partial charge on any atom is 0.328 e. The number of halogens is 1. The van der Waals surface area contributed by atoms with Crippen LogP contribution in [0, 0.1) is 12.7 Å². The molecule has 1 aromatic carbocycles. The standard InChI is InChI=1S/C19H19FN4O3/c1-12-6-5-9-21-18(12)22-11-13-14(20)7-4-8-15(13)27-19-23-16(25-2)10-17(24-19)26-3/h4-10H,11H2,1-3H3,(H,21,22). The number of ether oxygens (including phenoxy) is 3. The first-order valence-corrected chi connectivity index (χ1v) is 8.18. The fraction of sp³-hybridized carbons (Fsp3) is 0.211. The van der Waals surface area contributed by atoms with Gasteiger partial charge in [0.15, 0.2) is 0 Å². The van der Waals surface area contributed by atoms with E-state index in [2.05, 4.69) is 20.3 Å². The Hall–Kier alpha value is -3.42. The molecule has 0 spiro atoms. The van der Waals surface area contributed by atoms with Gasteiger partial charge in [-0.1, -0.05) is 12.1 Å². The highest BCUT2D eigenvalue weighted by atomic mass is 19.1. The zero-order valence-electron chi connectivity index (χ0n) is 15.2. The number of hydrogen-bond acceptors (Lipinski definition) is 7. The molecule has 0 aliphatic carbocycles. The number of benzene rings is 1. The second kappa shape index (κ2) is 8.31. The minimum absolute atomic E-state index is 0.00735. The van der Waals surface area contributed by atoms with Gasteiger partial charge >= 0.3 is 6.01 Å². The highest BCUT2D eigenvalue weighted by Crippen LogP contribution is 2.28. The molecule has 7 nitrogen and oxygen atoms in total. The molecule has 0 saturated heterocycles. The van der Waals surface area contributed by atoms with Crippen LogP contribution in [0.2, 0.25) is 0 Å². The number of aromatic nitrogens is 3. The number of hydrogen-bond donors (Lipinski definition) is 1.